The van der Waals surface area contributed by atoms with Gasteiger partial charge in [0.1, 0.15) is 11.6 Å². The lowest BCUT2D eigenvalue weighted by atomic mass is 10.1. The number of nitrogens with zero attached hydrogens (tertiary/aromatic N) is 2. The van der Waals surface area contributed by atoms with Crippen LogP contribution < -0.4 is 0 Å². The average Bonchev–Trinajstić information content (AvgIpc) is 2.34. The van der Waals surface area contributed by atoms with Gasteiger partial charge in [0.2, 0.25) is 0 Å². The highest BCUT2D eigenvalue weighted by atomic mass is 16.6. The van der Waals surface area contributed by atoms with Crippen molar-refractivity contribution in [3.63, 3.8) is 0 Å². The first-order chi connectivity index (χ1) is 9.20. The molecule has 0 bridgehead atoms. The summed E-state index contributed by atoms with van der Waals surface area (Å²) in [6, 6.07) is 2.46. The first-order valence-electron chi connectivity index (χ1n) is 6.28. The molecule has 1 N–H and O–H groups in total. The van der Waals surface area contributed by atoms with E-state index in [0.717, 1.165) is 10.5 Å². The molecule has 1 rings (SSSR count). The number of carbonyl (C=O) groups is 2. The first-order valence-corrected chi connectivity index (χ1v) is 6.28. The van der Waals surface area contributed by atoms with Gasteiger partial charge in [-0.15, -0.1) is 0 Å². The number of amides is 1. The van der Waals surface area contributed by atoms with Gasteiger partial charge in [-0.25, -0.2) is 9.59 Å². The van der Waals surface area contributed by atoms with Crippen LogP contribution in [0.3, 0.4) is 0 Å². The van der Waals surface area contributed by atoms with Crippen LogP contribution in [-0.2, 0) is 16.0 Å². The maximum atomic E-state index is 11.9. The summed E-state index contributed by atoms with van der Waals surface area (Å²) < 4.78 is 5.18. The normalized spacial score (nSPS) is 12.6. The van der Waals surface area contributed by atoms with Crippen LogP contribution in [0.4, 0.5) is 4.79 Å². The van der Waals surface area contributed by atoms with Crippen LogP contribution in [0.15, 0.2) is 24.5 Å². The highest BCUT2D eigenvalue weighted by Gasteiger charge is 2.30. The summed E-state index contributed by atoms with van der Waals surface area (Å²) in [4.78, 5) is 28.3. The Hall–Kier alpha value is -2.11. The van der Waals surface area contributed by atoms with E-state index in [-0.39, 0.29) is 6.42 Å². The van der Waals surface area contributed by atoms with Crippen LogP contribution in [0.2, 0.25) is 0 Å². The Bertz CT molecular complexity index is 468. The van der Waals surface area contributed by atoms with Crippen molar-refractivity contribution in [3.05, 3.63) is 30.1 Å². The van der Waals surface area contributed by atoms with Gasteiger partial charge >= 0.3 is 12.1 Å². The number of ether oxygens (including phenoxy) is 1. The monoisotopic (exact) mass is 280 g/mol. The molecule has 6 nitrogen and oxygen atoms in total. The van der Waals surface area contributed by atoms with Crippen molar-refractivity contribution >= 4 is 12.1 Å². The highest BCUT2D eigenvalue weighted by molar-refractivity contribution is 5.80. The largest absolute Gasteiger partial charge is 0.480 e. The third-order valence-electron chi connectivity index (χ3n) is 2.61. The quantitative estimate of drug-likeness (QED) is 0.911. The molecule has 0 aliphatic carbocycles. The fourth-order valence-corrected chi connectivity index (χ4v) is 1.59. The number of carbonyl (C=O) groups excluding carboxylic acids is 1. The van der Waals surface area contributed by atoms with Crippen LogP contribution in [0.5, 0.6) is 0 Å². The second-order valence-electron chi connectivity index (χ2n) is 5.50. The van der Waals surface area contributed by atoms with Crippen molar-refractivity contribution in [2.45, 2.75) is 38.8 Å². The molecule has 0 unspecified atom stereocenters. The summed E-state index contributed by atoms with van der Waals surface area (Å²) in [5, 5.41) is 9.29. The van der Waals surface area contributed by atoms with E-state index < -0.39 is 23.7 Å². The molecule has 1 aromatic heterocycles. The Morgan fingerprint density at radius 1 is 1.35 bits per heavy atom. The molecule has 20 heavy (non-hydrogen) atoms. The lowest BCUT2D eigenvalue weighted by molar-refractivity contribution is -0.142. The van der Waals surface area contributed by atoms with Crippen LogP contribution in [0.1, 0.15) is 26.3 Å². The van der Waals surface area contributed by atoms with Crippen LogP contribution in [0.25, 0.3) is 0 Å². The predicted octanol–water partition coefficient (Wildman–Crippen LogP) is 1.94. The molecule has 1 atom stereocenters. The van der Waals surface area contributed by atoms with E-state index in [1.54, 1.807) is 45.3 Å². The van der Waals surface area contributed by atoms with Crippen LogP contribution in [0, 0.1) is 0 Å². The van der Waals surface area contributed by atoms with Gasteiger partial charge in [-0.2, -0.15) is 0 Å². The highest BCUT2D eigenvalue weighted by Crippen LogP contribution is 2.13. The standard InChI is InChI=1S/C14H20N2O4/c1-14(2,3)20-13(19)16(4)11(12(17)18)9-10-5-7-15-8-6-10/h5-8,11H,9H2,1-4H3,(H,17,18)/t11-/m1/s1. The van der Waals surface area contributed by atoms with Gasteiger partial charge in [0.05, 0.1) is 0 Å². The molecular formula is C14H20N2O4. The maximum absolute atomic E-state index is 11.9. The first kappa shape index (κ1) is 15.9. The zero-order valence-corrected chi connectivity index (χ0v) is 12.2. The van der Waals surface area contributed by atoms with Gasteiger partial charge in [-0.3, -0.25) is 9.88 Å². The van der Waals surface area contributed by atoms with Gasteiger partial charge in [0.15, 0.2) is 0 Å². The fourth-order valence-electron chi connectivity index (χ4n) is 1.59. The minimum Gasteiger partial charge on any atom is -0.480 e. The van der Waals surface area contributed by atoms with Gasteiger partial charge in [-0.1, -0.05) is 0 Å². The molecule has 0 aliphatic heterocycles. The number of carboxylic acid groups (broad SMARTS) is 1. The Balaban J connectivity index is 2.81. The number of aliphatic carboxylic acids is 1. The second kappa shape index (κ2) is 6.36. The van der Waals surface area contributed by atoms with Gasteiger partial charge in [0.25, 0.3) is 0 Å². The van der Waals surface area contributed by atoms with E-state index in [1.807, 2.05) is 0 Å². The number of likely N-dealkylation sites (N-methyl/N-ethyl adjacent to an activating group) is 1. The van der Waals surface area contributed by atoms with Crippen molar-refractivity contribution in [2.75, 3.05) is 7.05 Å². The van der Waals surface area contributed by atoms with Crippen molar-refractivity contribution in [3.8, 4) is 0 Å². The Morgan fingerprint density at radius 2 is 1.90 bits per heavy atom. The van der Waals surface area contributed by atoms with Gasteiger partial charge in [0, 0.05) is 25.9 Å². The Kier molecular flexibility index (Phi) is 5.07. The fraction of sp³-hybridized carbons (Fsp3) is 0.500. The van der Waals surface area contributed by atoms with E-state index in [9.17, 15) is 14.7 Å². The van der Waals surface area contributed by atoms with E-state index in [2.05, 4.69) is 4.98 Å². The summed E-state index contributed by atoms with van der Waals surface area (Å²) in [7, 11) is 1.42. The molecule has 0 radical (unpaired) electrons. The summed E-state index contributed by atoms with van der Waals surface area (Å²) in [6.45, 7) is 5.20. The average molecular weight is 280 g/mol. The summed E-state index contributed by atoms with van der Waals surface area (Å²) in [6.07, 6.45) is 2.72. The molecule has 0 spiro atoms. The third-order valence-corrected chi connectivity index (χ3v) is 2.61. The lowest BCUT2D eigenvalue weighted by Crippen LogP contribution is -2.46. The smallest absolute Gasteiger partial charge is 0.410 e. The molecule has 110 valence electrons. The van der Waals surface area contributed by atoms with Crippen molar-refractivity contribution in [1.82, 2.24) is 9.88 Å². The molecular weight excluding hydrogens is 260 g/mol. The zero-order valence-electron chi connectivity index (χ0n) is 12.2. The topological polar surface area (TPSA) is 79.7 Å². The molecule has 0 fully saturated rings. The van der Waals surface area contributed by atoms with E-state index >= 15 is 0 Å². The summed E-state index contributed by atoms with van der Waals surface area (Å²) in [5.41, 5.74) is 0.133. The predicted molar refractivity (Wildman–Crippen MR) is 73.4 cm³/mol. The number of hydrogen-bond acceptors (Lipinski definition) is 4. The van der Waals surface area contributed by atoms with E-state index in [1.165, 1.54) is 7.05 Å². The molecule has 0 aliphatic rings. The van der Waals surface area contributed by atoms with Crippen molar-refractivity contribution in [2.24, 2.45) is 0 Å². The number of hydrogen-bond donors (Lipinski definition) is 1. The number of pyridine rings is 1. The third kappa shape index (κ3) is 4.87. The Morgan fingerprint density at radius 3 is 2.35 bits per heavy atom. The molecule has 0 saturated heterocycles. The van der Waals surface area contributed by atoms with Crippen LogP contribution >= 0.6 is 0 Å². The van der Waals surface area contributed by atoms with Crippen molar-refractivity contribution < 1.29 is 19.4 Å². The molecule has 6 heteroatoms. The maximum Gasteiger partial charge on any atom is 0.410 e. The lowest BCUT2D eigenvalue weighted by Gasteiger charge is -2.28. The molecule has 1 amide bonds. The molecule has 1 heterocycles. The molecule has 0 saturated carbocycles. The van der Waals surface area contributed by atoms with Crippen LogP contribution in [-0.4, -0.2) is 45.7 Å². The number of carboxylic acids is 1. The van der Waals surface area contributed by atoms with Crippen molar-refractivity contribution in [1.29, 1.82) is 0 Å². The molecule has 1 aromatic rings. The zero-order chi connectivity index (χ0) is 15.3. The minimum absolute atomic E-state index is 0.202. The number of rotatable bonds is 4. The molecule has 0 aromatic carbocycles. The Labute approximate surface area is 118 Å². The second-order valence-corrected chi connectivity index (χ2v) is 5.50. The van der Waals surface area contributed by atoms with E-state index in [4.69, 9.17) is 4.74 Å². The summed E-state index contributed by atoms with van der Waals surface area (Å²) >= 11 is 0. The van der Waals surface area contributed by atoms with Gasteiger partial charge < -0.3 is 9.84 Å². The number of aromatic nitrogens is 1. The SMILES string of the molecule is CN(C(=O)OC(C)(C)C)[C@H](Cc1ccncc1)C(=O)O. The minimum atomic E-state index is -1.07. The summed E-state index contributed by atoms with van der Waals surface area (Å²) in [5.74, 6) is -1.07. The van der Waals surface area contributed by atoms with E-state index in [0.29, 0.717) is 0 Å². The van der Waals surface area contributed by atoms with Gasteiger partial charge in [-0.05, 0) is 38.5 Å².